The van der Waals surface area contributed by atoms with Gasteiger partial charge in [-0.3, -0.25) is 4.79 Å². The van der Waals surface area contributed by atoms with Crippen LogP contribution in [0.5, 0.6) is 0 Å². The lowest BCUT2D eigenvalue weighted by Crippen LogP contribution is -2.35. The minimum atomic E-state index is 0.144. The smallest absolute Gasteiger partial charge is 0.233 e. The predicted octanol–water partition coefficient (Wildman–Crippen LogP) is 4.37. The van der Waals surface area contributed by atoms with E-state index < -0.39 is 0 Å². The van der Waals surface area contributed by atoms with Crippen molar-refractivity contribution < 1.29 is 4.79 Å². The van der Waals surface area contributed by atoms with E-state index in [9.17, 15) is 4.79 Å². The monoisotopic (exact) mass is 404 g/mol. The number of nitrogens with zero attached hydrogens (tertiary/aromatic N) is 4. The van der Waals surface area contributed by atoms with Gasteiger partial charge >= 0.3 is 0 Å². The second kappa shape index (κ2) is 9.09. The van der Waals surface area contributed by atoms with E-state index in [2.05, 4.69) is 52.0 Å². The molecule has 0 unspecified atom stereocenters. The van der Waals surface area contributed by atoms with Crippen LogP contribution in [0.1, 0.15) is 18.9 Å². The molecular weight excluding hydrogens is 380 g/mol. The number of hydrogen-bond donors (Lipinski definition) is 0. The standard InChI is InChI=1S/C23H24N4OS/c1-2-27-22(20-11-7-4-8-12-20)24-25-23(27)29-17-21(28)26-15-13-19(14-16-26)18-9-5-3-6-10-18/h3-13H,2,14-17H2,1H3. The molecule has 5 nitrogen and oxygen atoms in total. The molecule has 0 fully saturated rings. The Labute approximate surface area is 175 Å². The number of thioether (sulfide) groups is 1. The third-order valence-corrected chi connectivity index (χ3v) is 6.05. The summed E-state index contributed by atoms with van der Waals surface area (Å²) in [5.74, 6) is 1.36. The van der Waals surface area contributed by atoms with E-state index in [-0.39, 0.29) is 5.91 Å². The van der Waals surface area contributed by atoms with Crippen molar-refractivity contribution in [1.29, 1.82) is 0 Å². The molecule has 0 saturated heterocycles. The van der Waals surface area contributed by atoms with Crippen molar-refractivity contribution in [2.24, 2.45) is 0 Å². The van der Waals surface area contributed by atoms with Gasteiger partial charge in [-0.1, -0.05) is 78.5 Å². The van der Waals surface area contributed by atoms with Crippen LogP contribution in [0.2, 0.25) is 0 Å². The first kappa shape index (κ1) is 19.5. The largest absolute Gasteiger partial charge is 0.338 e. The summed E-state index contributed by atoms with van der Waals surface area (Å²) in [4.78, 5) is 14.6. The first-order valence-electron chi connectivity index (χ1n) is 9.90. The Balaban J connectivity index is 1.38. The summed E-state index contributed by atoms with van der Waals surface area (Å²) in [6.07, 6.45) is 3.06. The van der Waals surface area contributed by atoms with Crippen LogP contribution in [0, 0.1) is 0 Å². The number of benzene rings is 2. The molecule has 1 aliphatic rings. The van der Waals surface area contributed by atoms with Crippen molar-refractivity contribution in [3.63, 3.8) is 0 Å². The summed E-state index contributed by atoms with van der Waals surface area (Å²) < 4.78 is 2.07. The van der Waals surface area contributed by atoms with Crippen molar-refractivity contribution in [2.45, 2.75) is 25.0 Å². The zero-order valence-electron chi connectivity index (χ0n) is 16.5. The van der Waals surface area contributed by atoms with Crippen molar-refractivity contribution in [3.8, 4) is 11.4 Å². The molecule has 148 valence electrons. The number of hydrogen-bond acceptors (Lipinski definition) is 4. The number of amides is 1. The number of carbonyl (C=O) groups is 1. The summed E-state index contributed by atoms with van der Waals surface area (Å²) in [7, 11) is 0. The normalized spacial score (nSPS) is 14.0. The zero-order chi connectivity index (χ0) is 20.1. The number of rotatable bonds is 6. The van der Waals surface area contributed by atoms with Gasteiger partial charge in [0.05, 0.1) is 5.75 Å². The van der Waals surface area contributed by atoms with Gasteiger partial charge in [-0.05, 0) is 24.5 Å². The molecule has 2 heterocycles. The predicted molar refractivity (Wildman–Crippen MR) is 117 cm³/mol. The second-order valence-electron chi connectivity index (χ2n) is 6.89. The molecule has 4 rings (SSSR count). The molecule has 2 aromatic carbocycles. The Kier molecular flexibility index (Phi) is 6.10. The van der Waals surface area contributed by atoms with Gasteiger partial charge in [0.15, 0.2) is 11.0 Å². The maximum atomic E-state index is 12.7. The fourth-order valence-electron chi connectivity index (χ4n) is 3.51. The van der Waals surface area contributed by atoms with E-state index in [1.165, 1.54) is 22.9 Å². The van der Waals surface area contributed by atoms with E-state index in [1.54, 1.807) is 0 Å². The van der Waals surface area contributed by atoms with Crippen LogP contribution >= 0.6 is 11.8 Å². The molecule has 1 aromatic heterocycles. The Morgan fingerprint density at radius 1 is 1.00 bits per heavy atom. The molecule has 1 aliphatic heterocycles. The topological polar surface area (TPSA) is 51.0 Å². The van der Waals surface area contributed by atoms with Gasteiger partial charge in [-0.25, -0.2) is 0 Å². The van der Waals surface area contributed by atoms with Crippen LogP contribution in [-0.2, 0) is 11.3 Å². The van der Waals surface area contributed by atoms with Gasteiger partial charge in [-0.2, -0.15) is 0 Å². The Hall–Kier alpha value is -2.86. The third kappa shape index (κ3) is 4.43. The van der Waals surface area contributed by atoms with Gasteiger partial charge in [0.25, 0.3) is 0 Å². The lowest BCUT2D eigenvalue weighted by Gasteiger charge is -2.26. The van der Waals surface area contributed by atoms with Crippen LogP contribution in [0.4, 0.5) is 0 Å². The summed E-state index contributed by atoms with van der Waals surface area (Å²) in [5.41, 5.74) is 3.61. The molecule has 0 aliphatic carbocycles. The van der Waals surface area contributed by atoms with Crippen LogP contribution in [0.3, 0.4) is 0 Å². The van der Waals surface area contributed by atoms with Gasteiger partial charge in [0, 0.05) is 25.2 Å². The molecule has 0 saturated carbocycles. The summed E-state index contributed by atoms with van der Waals surface area (Å²) in [6, 6.07) is 20.4. The highest BCUT2D eigenvalue weighted by molar-refractivity contribution is 7.99. The Bertz CT molecular complexity index is 998. The Morgan fingerprint density at radius 2 is 1.69 bits per heavy atom. The molecule has 3 aromatic rings. The van der Waals surface area contributed by atoms with Crippen molar-refractivity contribution >= 4 is 23.2 Å². The zero-order valence-corrected chi connectivity index (χ0v) is 17.3. The highest BCUT2D eigenvalue weighted by Gasteiger charge is 2.20. The molecule has 0 bridgehead atoms. The SMILES string of the molecule is CCn1c(SCC(=O)N2CC=C(c3ccccc3)CC2)nnc1-c1ccccc1. The lowest BCUT2D eigenvalue weighted by atomic mass is 10.00. The minimum absolute atomic E-state index is 0.144. The van der Waals surface area contributed by atoms with Crippen LogP contribution < -0.4 is 0 Å². The summed E-state index contributed by atoms with van der Waals surface area (Å²) in [6.45, 7) is 4.26. The molecule has 6 heteroatoms. The van der Waals surface area contributed by atoms with Crippen molar-refractivity contribution in [2.75, 3.05) is 18.8 Å². The van der Waals surface area contributed by atoms with Crippen LogP contribution in [0.15, 0.2) is 71.9 Å². The molecule has 0 atom stereocenters. The average Bonchev–Trinajstić information content (AvgIpc) is 3.21. The minimum Gasteiger partial charge on any atom is -0.338 e. The molecule has 0 spiro atoms. The highest BCUT2D eigenvalue weighted by atomic mass is 32.2. The van der Waals surface area contributed by atoms with Crippen LogP contribution in [0.25, 0.3) is 17.0 Å². The maximum Gasteiger partial charge on any atom is 0.233 e. The van der Waals surface area contributed by atoms with Gasteiger partial charge in [-0.15, -0.1) is 10.2 Å². The van der Waals surface area contributed by atoms with E-state index in [0.29, 0.717) is 12.3 Å². The quantitative estimate of drug-likeness (QED) is 0.573. The van der Waals surface area contributed by atoms with Crippen LogP contribution in [-0.4, -0.2) is 44.4 Å². The molecular formula is C23H24N4OS. The number of carbonyl (C=O) groups excluding carboxylic acids is 1. The highest BCUT2D eigenvalue weighted by Crippen LogP contribution is 2.25. The summed E-state index contributed by atoms with van der Waals surface area (Å²) in [5, 5.41) is 9.46. The fourth-order valence-corrected chi connectivity index (χ4v) is 4.41. The fraction of sp³-hybridized carbons (Fsp3) is 0.261. The maximum absolute atomic E-state index is 12.7. The van der Waals surface area contributed by atoms with E-state index in [4.69, 9.17) is 0 Å². The molecule has 0 N–H and O–H groups in total. The van der Waals surface area contributed by atoms with E-state index >= 15 is 0 Å². The van der Waals surface area contributed by atoms with Gasteiger partial charge < -0.3 is 9.47 Å². The Morgan fingerprint density at radius 3 is 2.31 bits per heavy atom. The molecule has 0 radical (unpaired) electrons. The lowest BCUT2D eigenvalue weighted by molar-refractivity contribution is -0.127. The van der Waals surface area contributed by atoms with Gasteiger partial charge in [0.2, 0.25) is 5.91 Å². The summed E-state index contributed by atoms with van der Waals surface area (Å²) >= 11 is 1.46. The second-order valence-corrected chi connectivity index (χ2v) is 7.83. The van der Waals surface area contributed by atoms with Gasteiger partial charge in [0.1, 0.15) is 0 Å². The van der Waals surface area contributed by atoms with E-state index in [1.807, 2.05) is 41.3 Å². The van der Waals surface area contributed by atoms with Crippen molar-refractivity contribution in [3.05, 3.63) is 72.3 Å². The average molecular weight is 405 g/mol. The molecule has 1 amide bonds. The molecule has 29 heavy (non-hydrogen) atoms. The third-order valence-electron chi connectivity index (χ3n) is 5.10. The number of aromatic nitrogens is 3. The van der Waals surface area contributed by atoms with E-state index in [0.717, 1.165) is 36.1 Å². The van der Waals surface area contributed by atoms with Crippen molar-refractivity contribution in [1.82, 2.24) is 19.7 Å². The first-order chi connectivity index (χ1) is 14.3. The first-order valence-corrected chi connectivity index (χ1v) is 10.9.